The summed E-state index contributed by atoms with van der Waals surface area (Å²) in [6.07, 6.45) is 2.24. The molecule has 1 N–H and O–H groups in total. The van der Waals surface area contributed by atoms with E-state index in [1.807, 2.05) is 19.1 Å². The van der Waals surface area contributed by atoms with Gasteiger partial charge in [0.15, 0.2) is 0 Å². The van der Waals surface area contributed by atoms with Crippen LogP contribution in [0.3, 0.4) is 0 Å². The normalized spacial score (nSPS) is 14.9. The fraction of sp³-hybridized carbons (Fsp3) is 0.308. The van der Waals surface area contributed by atoms with Crippen molar-refractivity contribution in [2.75, 3.05) is 0 Å². The highest BCUT2D eigenvalue weighted by atomic mass is 79.9. The number of allylic oxidation sites excluding steroid dienone is 1. The Morgan fingerprint density at radius 2 is 2.19 bits per heavy atom. The number of halogens is 1. The molecule has 3 heteroatoms. The first-order valence-electron chi connectivity index (χ1n) is 5.37. The average Bonchev–Trinajstić information content (AvgIpc) is 2.27. The highest BCUT2D eigenvalue weighted by molar-refractivity contribution is 9.10. The average molecular weight is 281 g/mol. The zero-order valence-corrected chi connectivity index (χ0v) is 10.7. The molecule has 0 amide bonds. The summed E-state index contributed by atoms with van der Waals surface area (Å²) in [5.41, 5.74) is 3.91. The second-order valence-corrected chi connectivity index (χ2v) is 4.83. The molecule has 16 heavy (non-hydrogen) atoms. The van der Waals surface area contributed by atoms with Gasteiger partial charge in [0, 0.05) is 10.0 Å². The Labute approximate surface area is 103 Å². The number of hydrogen-bond acceptors (Lipinski definition) is 1. The second-order valence-electron chi connectivity index (χ2n) is 3.92. The molecule has 0 atom stereocenters. The number of benzene rings is 1. The van der Waals surface area contributed by atoms with Gasteiger partial charge in [-0.3, -0.25) is 0 Å². The molecule has 2 rings (SSSR count). The third-order valence-corrected chi connectivity index (χ3v) is 3.51. The molecule has 0 radical (unpaired) electrons. The summed E-state index contributed by atoms with van der Waals surface area (Å²) in [6.45, 7) is 2.01. The molecule has 1 aliphatic rings. The van der Waals surface area contributed by atoms with Gasteiger partial charge in [0.2, 0.25) is 0 Å². The van der Waals surface area contributed by atoms with Crippen LogP contribution in [-0.4, -0.2) is 11.1 Å². The third-order valence-electron chi connectivity index (χ3n) is 3.02. The van der Waals surface area contributed by atoms with Crippen molar-refractivity contribution in [3.63, 3.8) is 0 Å². The fourth-order valence-electron chi connectivity index (χ4n) is 2.26. The van der Waals surface area contributed by atoms with Crippen LogP contribution in [-0.2, 0) is 11.2 Å². The minimum atomic E-state index is -0.775. The zero-order valence-electron chi connectivity index (χ0n) is 9.09. The largest absolute Gasteiger partial charge is 0.478 e. The monoisotopic (exact) mass is 280 g/mol. The van der Waals surface area contributed by atoms with Crippen molar-refractivity contribution in [2.24, 2.45) is 0 Å². The molecule has 0 spiro atoms. The van der Waals surface area contributed by atoms with E-state index in [9.17, 15) is 4.79 Å². The van der Waals surface area contributed by atoms with Gasteiger partial charge in [0.25, 0.3) is 0 Å². The Balaban J connectivity index is 2.61. The van der Waals surface area contributed by atoms with Gasteiger partial charge >= 0.3 is 5.97 Å². The van der Waals surface area contributed by atoms with E-state index in [1.165, 1.54) is 5.56 Å². The fourth-order valence-corrected chi connectivity index (χ4v) is 2.62. The lowest BCUT2D eigenvalue weighted by molar-refractivity contribution is -0.132. The maximum Gasteiger partial charge on any atom is 0.331 e. The molecule has 1 aromatic rings. The van der Waals surface area contributed by atoms with Gasteiger partial charge in [-0.25, -0.2) is 4.79 Å². The summed E-state index contributed by atoms with van der Waals surface area (Å²) in [5.74, 6) is -0.775. The van der Waals surface area contributed by atoms with Crippen LogP contribution < -0.4 is 0 Å². The summed E-state index contributed by atoms with van der Waals surface area (Å²) in [7, 11) is 0. The van der Waals surface area contributed by atoms with E-state index in [4.69, 9.17) is 5.11 Å². The van der Waals surface area contributed by atoms with E-state index >= 15 is 0 Å². The number of aryl methyl sites for hydroxylation is 1. The molecule has 0 heterocycles. The first kappa shape index (κ1) is 11.4. The maximum atomic E-state index is 11.1. The predicted octanol–water partition coefficient (Wildman–Crippen LogP) is 3.64. The van der Waals surface area contributed by atoms with Crippen molar-refractivity contribution in [3.05, 3.63) is 39.4 Å². The SMILES string of the molecule is CCC1=C(C(=O)O)CCc2ccc(Br)cc21. The lowest BCUT2D eigenvalue weighted by Gasteiger charge is -2.20. The van der Waals surface area contributed by atoms with E-state index in [-0.39, 0.29) is 0 Å². The second kappa shape index (κ2) is 4.42. The van der Waals surface area contributed by atoms with Crippen LogP contribution in [0.15, 0.2) is 28.2 Å². The van der Waals surface area contributed by atoms with Crippen molar-refractivity contribution in [2.45, 2.75) is 26.2 Å². The van der Waals surface area contributed by atoms with Crippen LogP contribution in [0.2, 0.25) is 0 Å². The third kappa shape index (κ3) is 1.92. The number of hydrogen-bond donors (Lipinski definition) is 1. The minimum absolute atomic E-state index is 0.577. The first-order valence-corrected chi connectivity index (χ1v) is 6.17. The summed E-state index contributed by atoms with van der Waals surface area (Å²) >= 11 is 3.43. The lowest BCUT2D eigenvalue weighted by atomic mass is 9.84. The first-order chi connectivity index (χ1) is 7.63. The van der Waals surface area contributed by atoms with Crippen molar-refractivity contribution in [1.82, 2.24) is 0 Å². The van der Waals surface area contributed by atoms with Gasteiger partial charge in [-0.1, -0.05) is 28.9 Å². The summed E-state index contributed by atoms with van der Waals surface area (Å²) in [6, 6.07) is 6.11. The number of carbonyl (C=O) groups is 1. The number of aliphatic carboxylic acids is 1. The molecule has 84 valence electrons. The van der Waals surface area contributed by atoms with Gasteiger partial charge in [0.05, 0.1) is 0 Å². The van der Waals surface area contributed by atoms with E-state index in [0.717, 1.165) is 28.5 Å². The molecule has 0 saturated carbocycles. The molecule has 0 aliphatic heterocycles. The van der Waals surface area contributed by atoms with E-state index < -0.39 is 5.97 Å². The summed E-state index contributed by atoms with van der Waals surface area (Å²) in [4.78, 5) is 11.1. The van der Waals surface area contributed by atoms with Crippen LogP contribution in [0, 0.1) is 0 Å². The van der Waals surface area contributed by atoms with Crippen molar-refractivity contribution in [1.29, 1.82) is 0 Å². The van der Waals surface area contributed by atoms with Crippen LogP contribution in [0.4, 0.5) is 0 Å². The van der Waals surface area contributed by atoms with E-state index in [1.54, 1.807) is 0 Å². The summed E-state index contributed by atoms with van der Waals surface area (Å²) < 4.78 is 1.00. The minimum Gasteiger partial charge on any atom is -0.478 e. The Hall–Kier alpha value is -1.09. The van der Waals surface area contributed by atoms with Crippen molar-refractivity contribution >= 4 is 27.5 Å². The number of carboxylic acids is 1. The number of carboxylic acid groups (broad SMARTS) is 1. The summed E-state index contributed by atoms with van der Waals surface area (Å²) in [5, 5.41) is 9.17. The van der Waals surface area contributed by atoms with E-state index in [0.29, 0.717) is 12.0 Å². The molecule has 0 bridgehead atoms. The van der Waals surface area contributed by atoms with Gasteiger partial charge < -0.3 is 5.11 Å². The highest BCUT2D eigenvalue weighted by Gasteiger charge is 2.21. The Morgan fingerprint density at radius 1 is 1.44 bits per heavy atom. The number of rotatable bonds is 2. The molecule has 1 aromatic carbocycles. The standard InChI is InChI=1S/C13H13BrO2/c1-2-10-11(13(15)16)6-4-8-3-5-9(14)7-12(8)10/h3,5,7H,2,4,6H2,1H3,(H,15,16). The van der Waals surface area contributed by atoms with Gasteiger partial charge in [-0.15, -0.1) is 0 Å². The molecule has 0 fully saturated rings. The highest BCUT2D eigenvalue weighted by Crippen LogP contribution is 2.35. The number of fused-ring (bicyclic) bond motifs is 1. The molecule has 2 nitrogen and oxygen atoms in total. The Kier molecular flexibility index (Phi) is 3.15. The smallest absolute Gasteiger partial charge is 0.331 e. The molecular formula is C13H13BrO2. The van der Waals surface area contributed by atoms with Crippen LogP contribution in [0.1, 0.15) is 30.9 Å². The quantitative estimate of drug-likeness (QED) is 0.898. The lowest BCUT2D eigenvalue weighted by Crippen LogP contribution is -2.11. The Morgan fingerprint density at radius 3 is 2.81 bits per heavy atom. The predicted molar refractivity (Wildman–Crippen MR) is 67.3 cm³/mol. The molecule has 0 aromatic heterocycles. The molecule has 0 unspecified atom stereocenters. The van der Waals surface area contributed by atoms with Gasteiger partial charge in [0.1, 0.15) is 0 Å². The van der Waals surface area contributed by atoms with Crippen molar-refractivity contribution < 1.29 is 9.90 Å². The van der Waals surface area contributed by atoms with Gasteiger partial charge in [-0.2, -0.15) is 0 Å². The van der Waals surface area contributed by atoms with E-state index in [2.05, 4.69) is 22.0 Å². The Bertz CT molecular complexity index is 475. The van der Waals surface area contributed by atoms with Crippen molar-refractivity contribution in [3.8, 4) is 0 Å². The van der Waals surface area contributed by atoms with Crippen LogP contribution >= 0.6 is 15.9 Å². The molecule has 1 aliphatic carbocycles. The molecule has 0 saturated heterocycles. The van der Waals surface area contributed by atoms with Gasteiger partial charge in [-0.05, 0) is 48.1 Å². The zero-order chi connectivity index (χ0) is 11.7. The van der Waals surface area contributed by atoms with Crippen LogP contribution in [0.25, 0.3) is 5.57 Å². The molecular weight excluding hydrogens is 268 g/mol. The topological polar surface area (TPSA) is 37.3 Å². The van der Waals surface area contributed by atoms with Crippen LogP contribution in [0.5, 0.6) is 0 Å². The maximum absolute atomic E-state index is 11.1.